The molecule has 7 heteroatoms. The van der Waals surface area contributed by atoms with Gasteiger partial charge in [-0.15, -0.1) is 0 Å². The van der Waals surface area contributed by atoms with Crippen molar-refractivity contribution in [3.63, 3.8) is 0 Å². The summed E-state index contributed by atoms with van der Waals surface area (Å²) in [6.07, 6.45) is 0. The maximum absolute atomic E-state index is 12.4. The van der Waals surface area contributed by atoms with E-state index in [-0.39, 0.29) is 12.4 Å². The zero-order valence-corrected chi connectivity index (χ0v) is 15.7. The highest BCUT2D eigenvalue weighted by Crippen LogP contribution is 2.27. The smallest absolute Gasteiger partial charge is 0.375 e. The summed E-state index contributed by atoms with van der Waals surface area (Å²) in [4.78, 5) is 24.5. The molecule has 0 bridgehead atoms. The van der Waals surface area contributed by atoms with Crippen molar-refractivity contribution < 1.29 is 28.2 Å². The summed E-state index contributed by atoms with van der Waals surface area (Å²) in [5, 5.41) is 3.43. The first-order chi connectivity index (χ1) is 13.6. The maximum Gasteiger partial charge on any atom is 0.375 e. The number of fused-ring (bicyclic) bond motifs is 1. The van der Waals surface area contributed by atoms with E-state index in [0.717, 1.165) is 5.39 Å². The molecule has 3 aromatic rings. The summed E-state index contributed by atoms with van der Waals surface area (Å²) in [5.41, 5.74) is 1.73. The number of nitrogens with one attached hydrogen (secondary N) is 1. The highest BCUT2D eigenvalue weighted by Gasteiger charge is 2.22. The normalized spacial score (nSPS) is 10.6. The van der Waals surface area contributed by atoms with Crippen molar-refractivity contribution in [2.75, 3.05) is 25.6 Å². The Hall–Kier alpha value is -3.32. The SMILES string of the molecule is CCOc1ccc(NC(=O)COC(=O)c2oc3ccccc3c2COC)cc1. The summed E-state index contributed by atoms with van der Waals surface area (Å²) in [7, 11) is 1.53. The van der Waals surface area contributed by atoms with Gasteiger partial charge >= 0.3 is 5.97 Å². The molecule has 0 radical (unpaired) electrons. The van der Waals surface area contributed by atoms with Crippen molar-refractivity contribution in [2.24, 2.45) is 0 Å². The van der Waals surface area contributed by atoms with Gasteiger partial charge in [0.25, 0.3) is 5.91 Å². The van der Waals surface area contributed by atoms with Crippen LogP contribution in [0.25, 0.3) is 11.0 Å². The first kappa shape index (κ1) is 19.4. The van der Waals surface area contributed by atoms with Gasteiger partial charge in [-0.3, -0.25) is 4.79 Å². The Morgan fingerprint density at radius 2 is 1.82 bits per heavy atom. The zero-order chi connectivity index (χ0) is 19.9. The predicted molar refractivity (Wildman–Crippen MR) is 103 cm³/mol. The Labute approximate surface area is 162 Å². The number of hydrogen-bond donors (Lipinski definition) is 1. The fourth-order valence-corrected chi connectivity index (χ4v) is 2.75. The fourth-order valence-electron chi connectivity index (χ4n) is 2.75. The molecule has 0 saturated heterocycles. The van der Waals surface area contributed by atoms with Crippen LogP contribution in [-0.4, -0.2) is 32.2 Å². The molecule has 2 aromatic carbocycles. The zero-order valence-electron chi connectivity index (χ0n) is 15.7. The van der Waals surface area contributed by atoms with Crippen LogP contribution < -0.4 is 10.1 Å². The molecule has 0 spiro atoms. The lowest BCUT2D eigenvalue weighted by Crippen LogP contribution is -2.21. The average Bonchev–Trinajstić information content (AvgIpc) is 3.07. The number of carbonyl (C=O) groups excluding carboxylic acids is 2. The Morgan fingerprint density at radius 3 is 2.54 bits per heavy atom. The Balaban J connectivity index is 1.62. The minimum atomic E-state index is -0.718. The van der Waals surface area contributed by atoms with Crippen LogP contribution in [0.1, 0.15) is 23.0 Å². The van der Waals surface area contributed by atoms with Crippen LogP contribution in [0, 0.1) is 0 Å². The molecule has 3 rings (SSSR count). The monoisotopic (exact) mass is 383 g/mol. The number of rotatable bonds is 8. The Kier molecular flexibility index (Phi) is 6.29. The molecule has 0 aliphatic carbocycles. The quantitative estimate of drug-likeness (QED) is 0.596. The van der Waals surface area contributed by atoms with Gasteiger partial charge in [-0.05, 0) is 37.3 Å². The lowest BCUT2D eigenvalue weighted by Gasteiger charge is -2.08. The van der Waals surface area contributed by atoms with E-state index < -0.39 is 18.5 Å². The van der Waals surface area contributed by atoms with Crippen molar-refractivity contribution >= 4 is 28.5 Å². The fraction of sp³-hybridized carbons (Fsp3) is 0.238. The van der Waals surface area contributed by atoms with Crippen molar-refractivity contribution in [3.05, 3.63) is 59.9 Å². The number of anilines is 1. The minimum Gasteiger partial charge on any atom is -0.494 e. The van der Waals surface area contributed by atoms with E-state index in [9.17, 15) is 9.59 Å². The van der Waals surface area contributed by atoms with E-state index in [1.54, 1.807) is 30.3 Å². The van der Waals surface area contributed by atoms with Gasteiger partial charge < -0.3 is 23.9 Å². The largest absolute Gasteiger partial charge is 0.494 e. The van der Waals surface area contributed by atoms with Crippen LogP contribution in [0.4, 0.5) is 5.69 Å². The molecule has 1 N–H and O–H groups in total. The molecule has 0 aliphatic rings. The Bertz CT molecular complexity index is 961. The van der Waals surface area contributed by atoms with Gasteiger partial charge in [-0.1, -0.05) is 18.2 Å². The van der Waals surface area contributed by atoms with Crippen LogP contribution in [0.15, 0.2) is 52.9 Å². The number of benzene rings is 2. The number of hydrogen-bond acceptors (Lipinski definition) is 6. The number of carbonyl (C=O) groups is 2. The predicted octanol–water partition coefficient (Wildman–Crippen LogP) is 3.77. The third kappa shape index (κ3) is 4.50. The second-order valence-corrected chi connectivity index (χ2v) is 5.92. The molecule has 0 saturated carbocycles. The van der Waals surface area contributed by atoms with E-state index in [1.807, 2.05) is 25.1 Å². The lowest BCUT2D eigenvalue weighted by molar-refractivity contribution is -0.119. The van der Waals surface area contributed by atoms with Crippen LogP contribution in [0.3, 0.4) is 0 Å². The van der Waals surface area contributed by atoms with Gasteiger partial charge in [-0.2, -0.15) is 0 Å². The summed E-state index contributed by atoms with van der Waals surface area (Å²) in [6, 6.07) is 14.2. The number of methoxy groups -OCH3 is 1. The lowest BCUT2D eigenvalue weighted by atomic mass is 10.1. The topological polar surface area (TPSA) is 87.0 Å². The molecule has 1 aromatic heterocycles. The number of amides is 1. The molecular weight excluding hydrogens is 362 g/mol. The molecule has 7 nitrogen and oxygen atoms in total. The van der Waals surface area contributed by atoms with Gasteiger partial charge in [-0.25, -0.2) is 4.79 Å². The Morgan fingerprint density at radius 1 is 1.07 bits per heavy atom. The van der Waals surface area contributed by atoms with Crippen molar-refractivity contribution in [1.29, 1.82) is 0 Å². The van der Waals surface area contributed by atoms with E-state index in [1.165, 1.54) is 7.11 Å². The van der Waals surface area contributed by atoms with Gasteiger partial charge in [0.15, 0.2) is 6.61 Å². The standard InChI is InChI=1S/C21H21NO6/c1-3-26-15-10-8-14(9-11-15)22-19(23)13-27-21(24)20-17(12-25-2)16-6-4-5-7-18(16)28-20/h4-11H,3,12-13H2,1-2H3,(H,22,23). The van der Waals surface area contributed by atoms with Crippen LogP contribution in [-0.2, 0) is 20.9 Å². The summed E-state index contributed by atoms with van der Waals surface area (Å²) >= 11 is 0. The third-order valence-corrected chi connectivity index (χ3v) is 3.96. The number of esters is 1. The molecule has 0 atom stereocenters. The van der Waals surface area contributed by atoms with Gasteiger partial charge in [0.05, 0.1) is 13.2 Å². The molecule has 146 valence electrons. The highest BCUT2D eigenvalue weighted by atomic mass is 16.5. The highest BCUT2D eigenvalue weighted by molar-refractivity contribution is 5.98. The third-order valence-electron chi connectivity index (χ3n) is 3.96. The molecular formula is C21H21NO6. The molecule has 0 unspecified atom stereocenters. The number of para-hydroxylation sites is 1. The molecule has 1 heterocycles. The summed E-state index contributed by atoms with van der Waals surface area (Å²) < 4.78 is 21.2. The van der Waals surface area contributed by atoms with E-state index in [4.69, 9.17) is 18.6 Å². The molecule has 28 heavy (non-hydrogen) atoms. The second kappa shape index (κ2) is 9.05. The summed E-state index contributed by atoms with van der Waals surface area (Å²) in [6.45, 7) is 2.22. The van der Waals surface area contributed by atoms with Gasteiger partial charge in [0, 0.05) is 23.7 Å². The molecule has 0 aliphatic heterocycles. The number of furan rings is 1. The van der Waals surface area contributed by atoms with Crippen LogP contribution in [0.2, 0.25) is 0 Å². The van der Waals surface area contributed by atoms with Crippen molar-refractivity contribution in [1.82, 2.24) is 0 Å². The van der Waals surface area contributed by atoms with Gasteiger partial charge in [0.2, 0.25) is 5.76 Å². The van der Waals surface area contributed by atoms with E-state index in [0.29, 0.717) is 29.2 Å². The summed E-state index contributed by atoms with van der Waals surface area (Å²) in [5.74, 6) is -0.425. The second-order valence-electron chi connectivity index (χ2n) is 5.92. The average molecular weight is 383 g/mol. The van der Waals surface area contributed by atoms with Crippen LogP contribution >= 0.6 is 0 Å². The number of ether oxygens (including phenoxy) is 3. The van der Waals surface area contributed by atoms with Crippen LogP contribution in [0.5, 0.6) is 5.75 Å². The first-order valence-corrected chi connectivity index (χ1v) is 8.81. The molecule has 1 amide bonds. The van der Waals surface area contributed by atoms with Crippen molar-refractivity contribution in [3.8, 4) is 5.75 Å². The first-order valence-electron chi connectivity index (χ1n) is 8.81. The van der Waals surface area contributed by atoms with E-state index in [2.05, 4.69) is 5.32 Å². The maximum atomic E-state index is 12.4. The van der Waals surface area contributed by atoms with Crippen molar-refractivity contribution in [2.45, 2.75) is 13.5 Å². The molecule has 0 fully saturated rings. The van der Waals surface area contributed by atoms with Gasteiger partial charge in [0.1, 0.15) is 11.3 Å². The minimum absolute atomic E-state index is 0.0388. The van der Waals surface area contributed by atoms with E-state index >= 15 is 0 Å².